The first kappa shape index (κ1) is 11.0. The van der Waals surface area contributed by atoms with Gasteiger partial charge in [-0.15, -0.1) is 0 Å². The molecule has 4 nitrogen and oxygen atoms in total. The van der Waals surface area contributed by atoms with Crippen LogP contribution in [0.3, 0.4) is 0 Å². The van der Waals surface area contributed by atoms with E-state index in [2.05, 4.69) is 41.6 Å². The zero-order valence-corrected chi connectivity index (χ0v) is 10.5. The van der Waals surface area contributed by atoms with Crippen LogP contribution in [-0.4, -0.2) is 43.0 Å². The highest BCUT2D eigenvalue weighted by atomic mass is 15.5. The van der Waals surface area contributed by atoms with Crippen LogP contribution in [-0.2, 0) is 0 Å². The van der Waals surface area contributed by atoms with E-state index >= 15 is 0 Å². The largest absolute Gasteiger partial charge is 0.301 e. The van der Waals surface area contributed by atoms with Gasteiger partial charge in [0.15, 0.2) is 0 Å². The van der Waals surface area contributed by atoms with Crippen LogP contribution in [0.4, 0.5) is 0 Å². The molecule has 0 spiro atoms. The second-order valence-corrected chi connectivity index (χ2v) is 5.94. The smallest absolute Gasteiger partial charge is 0.0664 e. The molecule has 3 heterocycles. The Morgan fingerprint density at radius 1 is 0.688 bits per heavy atom. The number of hydrogen-bond donors (Lipinski definition) is 3. The van der Waals surface area contributed by atoms with Crippen LogP contribution in [0, 0.1) is 17.8 Å². The van der Waals surface area contributed by atoms with Crippen LogP contribution in [0.1, 0.15) is 20.8 Å². The SMILES string of the molecule is CC1CNC2C(C)CNC3C(C)CNC1N23. The molecule has 0 aliphatic carbocycles. The molecule has 92 valence electrons. The van der Waals surface area contributed by atoms with E-state index in [1.165, 1.54) is 0 Å². The Kier molecular flexibility index (Phi) is 2.70. The van der Waals surface area contributed by atoms with Gasteiger partial charge in [0.05, 0.1) is 18.5 Å². The minimum Gasteiger partial charge on any atom is -0.301 e. The second kappa shape index (κ2) is 3.95. The molecule has 3 aliphatic rings. The highest BCUT2D eigenvalue weighted by Crippen LogP contribution is 2.31. The van der Waals surface area contributed by atoms with Crippen molar-refractivity contribution in [1.82, 2.24) is 20.9 Å². The Hall–Kier alpha value is -0.160. The zero-order valence-electron chi connectivity index (χ0n) is 10.5. The van der Waals surface area contributed by atoms with Crippen molar-refractivity contribution in [3.8, 4) is 0 Å². The van der Waals surface area contributed by atoms with Crippen molar-refractivity contribution in [2.24, 2.45) is 17.8 Å². The van der Waals surface area contributed by atoms with Gasteiger partial charge in [-0.05, 0) is 17.8 Å². The molecular weight excluding hydrogens is 200 g/mol. The number of hydrogen-bond acceptors (Lipinski definition) is 4. The number of nitrogens with one attached hydrogen (secondary N) is 3. The minimum atomic E-state index is 0.558. The Morgan fingerprint density at radius 2 is 1.00 bits per heavy atom. The molecule has 0 aromatic rings. The molecule has 0 saturated carbocycles. The average molecular weight is 224 g/mol. The molecule has 0 radical (unpaired) electrons. The van der Waals surface area contributed by atoms with Crippen molar-refractivity contribution >= 4 is 0 Å². The average Bonchev–Trinajstić information content (AvgIpc) is 2.27. The topological polar surface area (TPSA) is 39.3 Å². The minimum absolute atomic E-state index is 0.558. The molecule has 3 aliphatic heterocycles. The summed E-state index contributed by atoms with van der Waals surface area (Å²) in [6, 6.07) is 0. The lowest BCUT2D eigenvalue weighted by atomic mass is 9.88. The molecule has 16 heavy (non-hydrogen) atoms. The van der Waals surface area contributed by atoms with Crippen molar-refractivity contribution in [1.29, 1.82) is 0 Å². The summed E-state index contributed by atoms with van der Waals surface area (Å²) in [5.74, 6) is 2.08. The van der Waals surface area contributed by atoms with Crippen LogP contribution in [0.25, 0.3) is 0 Å². The summed E-state index contributed by atoms with van der Waals surface area (Å²) in [5.41, 5.74) is 0. The molecule has 3 saturated heterocycles. The van der Waals surface area contributed by atoms with Crippen molar-refractivity contribution < 1.29 is 0 Å². The lowest BCUT2D eigenvalue weighted by Gasteiger charge is -2.59. The monoisotopic (exact) mass is 224 g/mol. The first-order chi connectivity index (χ1) is 7.68. The normalized spacial score (nSPS) is 53.4. The van der Waals surface area contributed by atoms with Gasteiger partial charge in [0, 0.05) is 19.6 Å². The van der Waals surface area contributed by atoms with Crippen LogP contribution in [0.15, 0.2) is 0 Å². The van der Waals surface area contributed by atoms with E-state index in [9.17, 15) is 0 Å². The summed E-state index contributed by atoms with van der Waals surface area (Å²) in [5, 5.41) is 11.1. The predicted octanol–water partition coefficient (Wildman–Crippen LogP) is -0.0154. The van der Waals surface area contributed by atoms with E-state index in [1.807, 2.05) is 0 Å². The summed E-state index contributed by atoms with van der Waals surface area (Å²) < 4.78 is 0. The molecule has 6 unspecified atom stereocenters. The van der Waals surface area contributed by atoms with Crippen LogP contribution in [0.2, 0.25) is 0 Å². The molecular formula is C12H24N4. The maximum Gasteiger partial charge on any atom is 0.0664 e. The van der Waals surface area contributed by atoms with E-state index in [0.29, 0.717) is 36.3 Å². The van der Waals surface area contributed by atoms with Crippen LogP contribution in [0.5, 0.6) is 0 Å². The predicted molar refractivity (Wildman–Crippen MR) is 64.7 cm³/mol. The van der Waals surface area contributed by atoms with Crippen LogP contribution >= 0.6 is 0 Å². The molecule has 0 bridgehead atoms. The summed E-state index contributed by atoms with van der Waals surface area (Å²) >= 11 is 0. The Morgan fingerprint density at radius 3 is 1.31 bits per heavy atom. The maximum atomic E-state index is 3.72. The molecule has 3 fully saturated rings. The van der Waals surface area contributed by atoms with Gasteiger partial charge in [-0.3, -0.25) is 4.90 Å². The van der Waals surface area contributed by atoms with Gasteiger partial charge in [0.1, 0.15) is 0 Å². The Labute approximate surface area is 98.1 Å². The van der Waals surface area contributed by atoms with Gasteiger partial charge >= 0.3 is 0 Å². The summed E-state index contributed by atoms with van der Waals surface area (Å²) in [4.78, 5) is 2.65. The summed E-state index contributed by atoms with van der Waals surface area (Å²) in [6.07, 6.45) is 1.67. The van der Waals surface area contributed by atoms with Crippen molar-refractivity contribution in [2.75, 3.05) is 19.6 Å². The standard InChI is InChI=1S/C12H24N4/c1-7-4-13-11-9(3)6-15-12-8(2)5-14-10(7)16(11)12/h7-15H,4-6H2,1-3H3. The van der Waals surface area contributed by atoms with Gasteiger partial charge in [-0.25, -0.2) is 0 Å². The quantitative estimate of drug-likeness (QED) is 0.541. The lowest BCUT2D eigenvalue weighted by Crippen LogP contribution is -2.78. The first-order valence-corrected chi connectivity index (χ1v) is 6.66. The number of nitrogens with zero attached hydrogens (tertiary/aromatic N) is 1. The van der Waals surface area contributed by atoms with E-state index in [1.54, 1.807) is 0 Å². The molecule has 4 heteroatoms. The van der Waals surface area contributed by atoms with Gasteiger partial charge in [-0.1, -0.05) is 20.8 Å². The van der Waals surface area contributed by atoms with E-state index in [0.717, 1.165) is 19.6 Å². The number of rotatable bonds is 0. The van der Waals surface area contributed by atoms with E-state index < -0.39 is 0 Å². The molecule has 0 aromatic heterocycles. The van der Waals surface area contributed by atoms with Crippen molar-refractivity contribution in [3.05, 3.63) is 0 Å². The summed E-state index contributed by atoms with van der Waals surface area (Å²) in [6.45, 7) is 10.5. The highest BCUT2D eigenvalue weighted by molar-refractivity contribution is 4.99. The molecule has 6 atom stereocenters. The third-order valence-electron chi connectivity index (χ3n) is 4.53. The first-order valence-electron chi connectivity index (χ1n) is 6.66. The van der Waals surface area contributed by atoms with Crippen molar-refractivity contribution in [2.45, 2.75) is 39.3 Å². The zero-order chi connectivity index (χ0) is 11.3. The summed E-state index contributed by atoms with van der Waals surface area (Å²) in [7, 11) is 0. The van der Waals surface area contributed by atoms with Gasteiger partial charge in [0.25, 0.3) is 0 Å². The fourth-order valence-corrected chi connectivity index (χ4v) is 3.58. The van der Waals surface area contributed by atoms with Gasteiger partial charge < -0.3 is 16.0 Å². The fourth-order valence-electron chi connectivity index (χ4n) is 3.58. The van der Waals surface area contributed by atoms with Gasteiger partial charge in [-0.2, -0.15) is 0 Å². The molecule has 0 amide bonds. The Balaban J connectivity index is 1.89. The molecule has 3 rings (SSSR count). The fraction of sp³-hybridized carbons (Fsp3) is 1.00. The second-order valence-electron chi connectivity index (χ2n) is 5.94. The lowest BCUT2D eigenvalue weighted by molar-refractivity contribution is -0.113. The van der Waals surface area contributed by atoms with Crippen molar-refractivity contribution in [3.63, 3.8) is 0 Å². The maximum absolute atomic E-state index is 3.72. The Bertz CT molecular complexity index is 227. The third kappa shape index (κ3) is 1.51. The van der Waals surface area contributed by atoms with Gasteiger partial charge in [0.2, 0.25) is 0 Å². The third-order valence-corrected chi connectivity index (χ3v) is 4.53. The van der Waals surface area contributed by atoms with Crippen LogP contribution < -0.4 is 16.0 Å². The van der Waals surface area contributed by atoms with E-state index in [4.69, 9.17) is 0 Å². The highest BCUT2D eigenvalue weighted by Gasteiger charge is 2.47. The molecule has 0 aromatic carbocycles. The van der Waals surface area contributed by atoms with E-state index in [-0.39, 0.29) is 0 Å². The molecule has 3 N–H and O–H groups in total.